The van der Waals surface area contributed by atoms with Gasteiger partial charge in [0.05, 0.1) is 15.6 Å². The molecule has 0 radical (unpaired) electrons. The second kappa shape index (κ2) is 6.46. The van der Waals surface area contributed by atoms with Crippen LogP contribution in [0.25, 0.3) is 0 Å². The van der Waals surface area contributed by atoms with Gasteiger partial charge in [-0.1, -0.05) is 42.3 Å². The van der Waals surface area contributed by atoms with E-state index in [0.29, 0.717) is 16.5 Å². The molecule has 1 fully saturated rings. The van der Waals surface area contributed by atoms with Crippen molar-refractivity contribution in [2.75, 3.05) is 13.1 Å². The van der Waals surface area contributed by atoms with Gasteiger partial charge in [0.25, 0.3) is 0 Å². The fourth-order valence-electron chi connectivity index (χ4n) is 2.86. The lowest BCUT2D eigenvalue weighted by atomic mass is 9.87. The van der Waals surface area contributed by atoms with Gasteiger partial charge < -0.3 is 0 Å². The number of rotatable bonds is 5. The van der Waals surface area contributed by atoms with Gasteiger partial charge in [-0.15, -0.1) is 0 Å². The predicted molar refractivity (Wildman–Crippen MR) is 84.7 cm³/mol. The number of hydrogen-bond donors (Lipinski definition) is 0. The highest BCUT2D eigenvalue weighted by atomic mass is 35.5. The highest BCUT2D eigenvalue weighted by molar-refractivity contribution is 6.42. The summed E-state index contributed by atoms with van der Waals surface area (Å²) in [6.45, 7) is 6.16. The number of benzene rings is 1. The fraction of sp³-hybridized carbons (Fsp3) is 0.562. The van der Waals surface area contributed by atoms with Gasteiger partial charge in [-0.05, 0) is 50.9 Å². The quantitative estimate of drug-likeness (QED) is 0.804. The van der Waals surface area contributed by atoms with Gasteiger partial charge >= 0.3 is 0 Å². The van der Waals surface area contributed by atoms with Crippen molar-refractivity contribution in [1.82, 2.24) is 4.90 Å². The molecule has 20 heavy (non-hydrogen) atoms. The summed E-state index contributed by atoms with van der Waals surface area (Å²) in [7, 11) is 0. The first kappa shape index (κ1) is 15.8. The SMILES string of the molecule is CCC(C)(C(=O)Cc1cccc(Cl)c1Cl)N1CCCC1. The largest absolute Gasteiger partial charge is 0.297 e. The first-order valence-corrected chi connectivity index (χ1v) is 7.96. The van der Waals surface area contributed by atoms with Crippen LogP contribution in [0.2, 0.25) is 10.0 Å². The van der Waals surface area contributed by atoms with Crippen molar-refractivity contribution in [2.24, 2.45) is 0 Å². The number of halogens is 2. The Hall–Kier alpha value is -0.570. The topological polar surface area (TPSA) is 20.3 Å². The van der Waals surface area contributed by atoms with Crippen molar-refractivity contribution in [2.45, 2.75) is 45.1 Å². The summed E-state index contributed by atoms with van der Waals surface area (Å²) >= 11 is 12.2. The second-order valence-electron chi connectivity index (χ2n) is 5.63. The summed E-state index contributed by atoms with van der Waals surface area (Å²) < 4.78 is 0. The van der Waals surface area contributed by atoms with Crippen LogP contribution in [0.1, 0.15) is 38.7 Å². The third-order valence-electron chi connectivity index (χ3n) is 4.48. The Kier molecular flexibility index (Phi) is 5.11. The van der Waals surface area contributed by atoms with Gasteiger partial charge in [0, 0.05) is 6.42 Å². The lowest BCUT2D eigenvalue weighted by Crippen LogP contribution is -2.51. The summed E-state index contributed by atoms with van der Waals surface area (Å²) in [5, 5.41) is 1.01. The minimum absolute atomic E-state index is 0.228. The average Bonchev–Trinajstić information content (AvgIpc) is 2.97. The summed E-state index contributed by atoms with van der Waals surface area (Å²) in [5.74, 6) is 0.228. The molecule has 1 heterocycles. The average molecular weight is 314 g/mol. The zero-order valence-electron chi connectivity index (χ0n) is 12.1. The summed E-state index contributed by atoms with van der Waals surface area (Å²) in [4.78, 5) is 15.1. The Balaban J connectivity index is 2.19. The van der Waals surface area contributed by atoms with Gasteiger partial charge in [-0.2, -0.15) is 0 Å². The molecule has 110 valence electrons. The molecule has 1 saturated heterocycles. The van der Waals surface area contributed by atoms with E-state index in [0.717, 1.165) is 25.1 Å². The number of carbonyl (C=O) groups is 1. The van der Waals surface area contributed by atoms with Crippen LogP contribution < -0.4 is 0 Å². The van der Waals surface area contributed by atoms with Crippen LogP contribution in [0.5, 0.6) is 0 Å². The predicted octanol–water partition coefficient (Wildman–Crippen LogP) is 4.37. The Labute approximate surface area is 131 Å². The van der Waals surface area contributed by atoms with Crippen LogP contribution in [0.3, 0.4) is 0 Å². The molecule has 0 N–H and O–H groups in total. The van der Waals surface area contributed by atoms with Crippen molar-refractivity contribution in [3.8, 4) is 0 Å². The van der Waals surface area contributed by atoms with Gasteiger partial charge in [-0.3, -0.25) is 9.69 Å². The molecule has 1 unspecified atom stereocenters. The van der Waals surface area contributed by atoms with Crippen molar-refractivity contribution in [3.05, 3.63) is 33.8 Å². The first-order valence-electron chi connectivity index (χ1n) is 7.20. The molecule has 0 saturated carbocycles. The number of nitrogens with zero attached hydrogens (tertiary/aromatic N) is 1. The minimum atomic E-state index is -0.387. The van der Waals surface area contributed by atoms with Crippen molar-refractivity contribution >= 4 is 29.0 Å². The molecule has 1 aliphatic rings. The standard InChI is InChI=1S/C16H21Cl2NO/c1-3-16(2,19-9-4-5-10-19)14(20)11-12-7-6-8-13(17)15(12)18/h6-8H,3-5,9-11H2,1-2H3. The van der Waals surface area contributed by atoms with E-state index in [1.165, 1.54) is 12.8 Å². The van der Waals surface area contributed by atoms with E-state index in [1.807, 2.05) is 12.1 Å². The molecule has 0 aliphatic carbocycles. The maximum atomic E-state index is 12.8. The summed E-state index contributed by atoms with van der Waals surface area (Å²) in [6, 6.07) is 5.47. The Morgan fingerprint density at radius 1 is 1.30 bits per heavy atom. The van der Waals surface area contributed by atoms with E-state index >= 15 is 0 Å². The molecule has 1 aliphatic heterocycles. The van der Waals surface area contributed by atoms with Crippen molar-refractivity contribution < 1.29 is 4.79 Å². The number of hydrogen-bond acceptors (Lipinski definition) is 2. The Morgan fingerprint density at radius 2 is 1.95 bits per heavy atom. The number of carbonyl (C=O) groups excluding carboxylic acids is 1. The van der Waals surface area contributed by atoms with E-state index in [9.17, 15) is 4.79 Å². The van der Waals surface area contributed by atoms with E-state index in [2.05, 4.69) is 18.7 Å². The third kappa shape index (κ3) is 3.03. The maximum Gasteiger partial charge on any atom is 0.157 e. The molecule has 2 nitrogen and oxygen atoms in total. The molecule has 0 spiro atoms. The monoisotopic (exact) mass is 313 g/mol. The molecule has 1 aromatic carbocycles. The lowest BCUT2D eigenvalue weighted by Gasteiger charge is -2.36. The molecule has 1 aromatic rings. The van der Waals surface area contributed by atoms with Gasteiger partial charge in [-0.25, -0.2) is 0 Å². The molecule has 4 heteroatoms. The highest BCUT2D eigenvalue weighted by Crippen LogP contribution is 2.30. The normalized spacial score (nSPS) is 19.0. The van der Waals surface area contributed by atoms with E-state index in [4.69, 9.17) is 23.2 Å². The second-order valence-corrected chi connectivity index (χ2v) is 6.42. The van der Waals surface area contributed by atoms with Gasteiger partial charge in [0.2, 0.25) is 0 Å². The van der Waals surface area contributed by atoms with Crippen molar-refractivity contribution in [3.63, 3.8) is 0 Å². The smallest absolute Gasteiger partial charge is 0.157 e. The van der Waals surface area contributed by atoms with Crippen molar-refractivity contribution in [1.29, 1.82) is 0 Å². The number of likely N-dealkylation sites (tertiary alicyclic amines) is 1. The van der Waals surface area contributed by atoms with Crippen LogP contribution in [0.15, 0.2) is 18.2 Å². The fourth-order valence-corrected chi connectivity index (χ4v) is 3.24. The lowest BCUT2D eigenvalue weighted by molar-refractivity contribution is -0.129. The maximum absolute atomic E-state index is 12.8. The summed E-state index contributed by atoms with van der Waals surface area (Å²) in [5.41, 5.74) is 0.435. The van der Waals surface area contributed by atoms with Crippen LogP contribution in [0, 0.1) is 0 Å². The molecule has 0 amide bonds. The van der Waals surface area contributed by atoms with Crippen LogP contribution in [-0.2, 0) is 11.2 Å². The zero-order valence-corrected chi connectivity index (χ0v) is 13.6. The van der Waals surface area contributed by atoms with Crippen LogP contribution in [0.4, 0.5) is 0 Å². The molecule has 0 aromatic heterocycles. The number of Topliss-reactive ketones (excluding diaryl/α,β-unsaturated/α-hetero) is 1. The molecular weight excluding hydrogens is 293 g/mol. The highest BCUT2D eigenvalue weighted by Gasteiger charge is 2.38. The van der Waals surface area contributed by atoms with E-state index < -0.39 is 0 Å². The molecule has 2 rings (SSSR count). The third-order valence-corrected chi connectivity index (χ3v) is 5.33. The van der Waals surface area contributed by atoms with Crippen LogP contribution in [-0.4, -0.2) is 29.3 Å². The first-order chi connectivity index (χ1) is 9.49. The molecule has 0 bridgehead atoms. The number of ketones is 1. The van der Waals surface area contributed by atoms with E-state index in [-0.39, 0.29) is 11.3 Å². The van der Waals surface area contributed by atoms with Crippen LogP contribution >= 0.6 is 23.2 Å². The minimum Gasteiger partial charge on any atom is -0.297 e. The Bertz CT molecular complexity index is 497. The van der Waals surface area contributed by atoms with Gasteiger partial charge in [0.15, 0.2) is 5.78 Å². The van der Waals surface area contributed by atoms with Gasteiger partial charge in [0.1, 0.15) is 0 Å². The molecule has 1 atom stereocenters. The summed E-state index contributed by atoms with van der Waals surface area (Å²) in [6.07, 6.45) is 3.53. The Morgan fingerprint density at radius 3 is 2.55 bits per heavy atom. The molecular formula is C16H21Cl2NO. The van der Waals surface area contributed by atoms with E-state index in [1.54, 1.807) is 6.07 Å². The zero-order chi connectivity index (χ0) is 14.8.